The van der Waals surface area contributed by atoms with Crippen LogP contribution in [-0.2, 0) is 9.53 Å². The van der Waals surface area contributed by atoms with Gasteiger partial charge < -0.3 is 10.1 Å². The SMILES string of the molecule is COC(=O)[C@H](NC(=O)c1ccc(Cl)cc1Cl)C(C)C. The third kappa shape index (κ3) is 4.11. The van der Waals surface area contributed by atoms with Crippen LogP contribution in [0.4, 0.5) is 0 Å². The number of esters is 1. The molecule has 0 saturated heterocycles. The van der Waals surface area contributed by atoms with Gasteiger partial charge in [0.25, 0.3) is 5.91 Å². The Morgan fingerprint density at radius 3 is 2.37 bits per heavy atom. The first-order valence-corrected chi connectivity index (χ1v) is 6.46. The lowest BCUT2D eigenvalue weighted by Gasteiger charge is -2.20. The van der Waals surface area contributed by atoms with Gasteiger partial charge in [0.15, 0.2) is 0 Å². The van der Waals surface area contributed by atoms with Crippen molar-refractivity contribution in [3.63, 3.8) is 0 Å². The molecule has 1 N–H and O–H groups in total. The largest absolute Gasteiger partial charge is 0.467 e. The summed E-state index contributed by atoms with van der Waals surface area (Å²) in [5.41, 5.74) is 0.264. The molecule has 0 unspecified atom stereocenters. The quantitative estimate of drug-likeness (QED) is 0.870. The van der Waals surface area contributed by atoms with Crippen molar-refractivity contribution in [3.05, 3.63) is 33.8 Å². The van der Waals surface area contributed by atoms with Crippen LogP contribution in [0.2, 0.25) is 10.0 Å². The fourth-order valence-electron chi connectivity index (χ4n) is 1.52. The van der Waals surface area contributed by atoms with E-state index in [1.165, 1.54) is 19.2 Å². The van der Waals surface area contributed by atoms with Crippen molar-refractivity contribution in [3.8, 4) is 0 Å². The number of rotatable bonds is 4. The van der Waals surface area contributed by atoms with Crippen LogP contribution in [0.3, 0.4) is 0 Å². The summed E-state index contributed by atoms with van der Waals surface area (Å²) in [6.45, 7) is 3.62. The molecule has 1 amide bonds. The van der Waals surface area contributed by atoms with Crippen molar-refractivity contribution < 1.29 is 14.3 Å². The lowest BCUT2D eigenvalue weighted by atomic mass is 10.0. The summed E-state index contributed by atoms with van der Waals surface area (Å²) < 4.78 is 4.65. The Bertz CT molecular complexity index is 489. The first-order chi connectivity index (χ1) is 8.86. The van der Waals surface area contributed by atoms with Crippen molar-refractivity contribution in [1.29, 1.82) is 0 Å². The number of carbonyl (C=O) groups is 2. The molecule has 1 rings (SSSR count). The van der Waals surface area contributed by atoms with Crippen molar-refractivity contribution in [2.45, 2.75) is 19.9 Å². The number of carbonyl (C=O) groups excluding carboxylic acids is 2. The molecule has 0 saturated carbocycles. The average Bonchev–Trinajstić information content (AvgIpc) is 2.34. The van der Waals surface area contributed by atoms with Gasteiger partial charge in [0.2, 0.25) is 0 Å². The number of halogens is 2. The van der Waals surface area contributed by atoms with E-state index < -0.39 is 17.9 Å². The summed E-state index contributed by atoms with van der Waals surface area (Å²) in [4.78, 5) is 23.6. The summed E-state index contributed by atoms with van der Waals surface area (Å²) >= 11 is 11.7. The predicted octanol–water partition coefficient (Wildman–Crippen LogP) is 2.92. The third-order valence-corrected chi connectivity index (χ3v) is 3.13. The first-order valence-electron chi connectivity index (χ1n) is 5.70. The molecule has 0 aliphatic rings. The van der Waals surface area contributed by atoms with Gasteiger partial charge in [0.05, 0.1) is 17.7 Å². The summed E-state index contributed by atoms with van der Waals surface area (Å²) in [7, 11) is 1.28. The third-order valence-electron chi connectivity index (χ3n) is 2.58. The van der Waals surface area contributed by atoms with E-state index >= 15 is 0 Å². The molecule has 0 radical (unpaired) electrons. The Kier molecular flexibility index (Phi) is 5.63. The number of methoxy groups -OCH3 is 1. The highest BCUT2D eigenvalue weighted by Crippen LogP contribution is 2.21. The lowest BCUT2D eigenvalue weighted by molar-refractivity contribution is -0.144. The molecule has 6 heteroatoms. The Hall–Kier alpha value is -1.26. The number of nitrogens with one attached hydrogen (secondary N) is 1. The van der Waals surface area contributed by atoms with E-state index in [9.17, 15) is 9.59 Å². The van der Waals surface area contributed by atoms with Gasteiger partial charge in [-0.05, 0) is 24.1 Å². The normalized spacial score (nSPS) is 12.1. The van der Waals surface area contributed by atoms with Gasteiger partial charge in [-0.1, -0.05) is 37.0 Å². The van der Waals surface area contributed by atoms with Gasteiger partial charge in [-0.25, -0.2) is 4.79 Å². The smallest absolute Gasteiger partial charge is 0.328 e. The monoisotopic (exact) mass is 303 g/mol. The zero-order valence-electron chi connectivity index (χ0n) is 10.9. The van der Waals surface area contributed by atoms with Crippen molar-refractivity contribution in [1.82, 2.24) is 5.32 Å². The van der Waals surface area contributed by atoms with Crippen molar-refractivity contribution in [2.24, 2.45) is 5.92 Å². The van der Waals surface area contributed by atoms with Crippen LogP contribution in [0.5, 0.6) is 0 Å². The van der Waals surface area contributed by atoms with E-state index in [0.29, 0.717) is 5.02 Å². The highest BCUT2D eigenvalue weighted by atomic mass is 35.5. The average molecular weight is 304 g/mol. The van der Waals surface area contributed by atoms with Crippen LogP contribution in [-0.4, -0.2) is 25.0 Å². The van der Waals surface area contributed by atoms with Gasteiger partial charge in [-0.15, -0.1) is 0 Å². The maximum absolute atomic E-state index is 12.1. The second-order valence-electron chi connectivity index (χ2n) is 4.34. The lowest BCUT2D eigenvalue weighted by Crippen LogP contribution is -2.45. The topological polar surface area (TPSA) is 55.4 Å². The zero-order valence-corrected chi connectivity index (χ0v) is 12.4. The van der Waals surface area contributed by atoms with Crippen molar-refractivity contribution in [2.75, 3.05) is 7.11 Å². The minimum atomic E-state index is -0.718. The number of ether oxygens (including phenoxy) is 1. The fourth-order valence-corrected chi connectivity index (χ4v) is 2.01. The van der Waals surface area contributed by atoms with Crippen LogP contribution in [0.25, 0.3) is 0 Å². The van der Waals surface area contributed by atoms with Gasteiger partial charge in [0, 0.05) is 5.02 Å². The summed E-state index contributed by atoms with van der Waals surface area (Å²) in [5.74, 6) is -1.03. The minimum Gasteiger partial charge on any atom is -0.467 e. The molecule has 1 atom stereocenters. The standard InChI is InChI=1S/C13H15Cl2NO3/c1-7(2)11(13(18)19-3)16-12(17)9-5-4-8(14)6-10(9)15/h4-7,11H,1-3H3,(H,16,17)/t11-/m1/s1. The molecular formula is C13H15Cl2NO3. The molecule has 0 bridgehead atoms. The molecule has 0 heterocycles. The zero-order chi connectivity index (χ0) is 14.6. The molecule has 104 valence electrons. The second kappa shape index (κ2) is 6.78. The molecule has 1 aromatic rings. The Morgan fingerprint density at radius 2 is 1.89 bits per heavy atom. The highest BCUT2D eigenvalue weighted by Gasteiger charge is 2.26. The summed E-state index contributed by atoms with van der Waals surface area (Å²) in [6.07, 6.45) is 0. The summed E-state index contributed by atoms with van der Waals surface area (Å²) in [5, 5.41) is 3.28. The number of amides is 1. The predicted molar refractivity (Wildman–Crippen MR) is 74.6 cm³/mol. The van der Waals surface area contributed by atoms with Gasteiger partial charge in [0.1, 0.15) is 6.04 Å². The van der Waals surface area contributed by atoms with Gasteiger partial charge in [-0.2, -0.15) is 0 Å². The van der Waals surface area contributed by atoms with E-state index in [0.717, 1.165) is 0 Å². The molecule has 1 aromatic carbocycles. The molecule has 0 fully saturated rings. The Balaban J connectivity index is 2.91. The van der Waals surface area contributed by atoms with E-state index in [2.05, 4.69) is 10.1 Å². The van der Waals surface area contributed by atoms with E-state index in [4.69, 9.17) is 23.2 Å². The molecule has 0 aliphatic heterocycles. The maximum Gasteiger partial charge on any atom is 0.328 e. The van der Waals surface area contributed by atoms with Crippen LogP contribution < -0.4 is 5.32 Å². The van der Waals surface area contributed by atoms with Crippen LogP contribution in [0.15, 0.2) is 18.2 Å². The Labute approximate surface area is 122 Å². The highest BCUT2D eigenvalue weighted by molar-refractivity contribution is 6.36. The molecule has 0 aromatic heterocycles. The number of hydrogen-bond acceptors (Lipinski definition) is 3. The van der Waals surface area contributed by atoms with Crippen LogP contribution in [0, 0.1) is 5.92 Å². The maximum atomic E-state index is 12.1. The molecule has 19 heavy (non-hydrogen) atoms. The molecule has 4 nitrogen and oxygen atoms in total. The Morgan fingerprint density at radius 1 is 1.26 bits per heavy atom. The summed E-state index contributed by atoms with van der Waals surface area (Å²) in [6, 6.07) is 3.82. The minimum absolute atomic E-state index is 0.0949. The van der Waals surface area contributed by atoms with E-state index in [1.54, 1.807) is 6.07 Å². The molecule has 0 spiro atoms. The van der Waals surface area contributed by atoms with Crippen molar-refractivity contribution >= 4 is 35.1 Å². The van der Waals surface area contributed by atoms with Gasteiger partial charge >= 0.3 is 5.97 Å². The first kappa shape index (κ1) is 15.8. The fraction of sp³-hybridized carbons (Fsp3) is 0.385. The second-order valence-corrected chi connectivity index (χ2v) is 5.19. The molecule has 0 aliphatic carbocycles. The van der Waals surface area contributed by atoms with Crippen LogP contribution >= 0.6 is 23.2 Å². The van der Waals surface area contributed by atoms with E-state index in [1.807, 2.05) is 13.8 Å². The number of benzene rings is 1. The molecular weight excluding hydrogens is 289 g/mol. The number of hydrogen-bond donors (Lipinski definition) is 1. The van der Waals surface area contributed by atoms with E-state index in [-0.39, 0.29) is 16.5 Å². The van der Waals surface area contributed by atoms with Gasteiger partial charge in [-0.3, -0.25) is 4.79 Å². The van der Waals surface area contributed by atoms with Crippen LogP contribution in [0.1, 0.15) is 24.2 Å².